The summed E-state index contributed by atoms with van der Waals surface area (Å²) in [6.45, 7) is 2.41. The van der Waals surface area contributed by atoms with Gasteiger partial charge in [0.25, 0.3) is 0 Å². The van der Waals surface area contributed by atoms with E-state index in [1.165, 1.54) is 23.9 Å². The summed E-state index contributed by atoms with van der Waals surface area (Å²) in [7, 11) is -3.95. The minimum Gasteiger partial charge on any atom is -0.489 e. The van der Waals surface area contributed by atoms with Crippen LogP contribution >= 0.6 is 11.3 Å². The van der Waals surface area contributed by atoms with E-state index in [1.54, 1.807) is 0 Å². The van der Waals surface area contributed by atoms with Crippen molar-refractivity contribution in [2.75, 3.05) is 11.9 Å². The van der Waals surface area contributed by atoms with E-state index in [0.29, 0.717) is 29.3 Å². The number of hydrogen-bond acceptors (Lipinski definition) is 9. The molecule has 9 nitrogen and oxygen atoms in total. The molecule has 4 rings (SSSR count). The molecule has 0 radical (unpaired) electrons. The average molecular weight is 503 g/mol. The molecular weight excluding hydrogens is 476 g/mol. The first kappa shape index (κ1) is 24.3. The number of nitrogens with zero attached hydrogens (tertiary/aromatic N) is 2. The van der Waals surface area contributed by atoms with Crippen LogP contribution in [0.3, 0.4) is 0 Å². The van der Waals surface area contributed by atoms with Crippen molar-refractivity contribution in [1.82, 2.24) is 9.97 Å². The number of aromatic nitrogens is 2. The number of para-hydroxylation sites is 1. The highest BCUT2D eigenvalue weighted by molar-refractivity contribution is 7.84. The average Bonchev–Trinajstić information content (AvgIpc) is 3.46. The Hall–Kier alpha value is -2.86. The SMILES string of the molecule is Cc1ccccc1OCc1csc(C(=O)c2cncnc2N[C@H]2CC[C@@H](COS(N)(=O)=O)C2)c1. The Bertz CT molecular complexity index is 1260. The van der Waals surface area contributed by atoms with Crippen molar-refractivity contribution in [3.05, 3.63) is 69.8 Å². The van der Waals surface area contributed by atoms with E-state index < -0.39 is 10.3 Å². The molecule has 0 amide bonds. The van der Waals surface area contributed by atoms with E-state index in [1.807, 2.05) is 42.6 Å². The monoisotopic (exact) mass is 502 g/mol. The molecule has 0 saturated heterocycles. The molecule has 1 saturated carbocycles. The number of carbonyl (C=O) groups excluding carboxylic acids is 1. The van der Waals surface area contributed by atoms with Gasteiger partial charge in [0.05, 0.1) is 17.0 Å². The van der Waals surface area contributed by atoms with E-state index in [-0.39, 0.29) is 24.3 Å². The Morgan fingerprint density at radius 2 is 2.12 bits per heavy atom. The number of ether oxygens (including phenoxy) is 1. The number of anilines is 1. The number of hydrogen-bond donors (Lipinski definition) is 2. The normalized spacial score (nSPS) is 18.1. The minimum absolute atomic E-state index is 0.0388. The molecule has 0 unspecified atom stereocenters. The molecule has 1 aromatic carbocycles. The topological polar surface area (TPSA) is 134 Å². The highest BCUT2D eigenvalue weighted by atomic mass is 32.2. The first-order chi connectivity index (χ1) is 16.3. The van der Waals surface area contributed by atoms with Crippen LogP contribution in [-0.2, 0) is 21.1 Å². The van der Waals surface area contributed by atoms with Gasteiger partial charge >= 0.3 is 10.3 Å². The molecule has 3 N–H and O–H groups in total. The van der Waals surface area contributed by atoms with Crippen LogP contribution in [0.15, 0.2) is 48.2 Å². The highest BCUT2D eigenvalue weighted by Crippen LogP contribution is 2.30. The van der Waals surface area contributed by atoms with Crippen LogP contribution < -0.4 is 15.2 Å². The maximum absolute atomic E-state index is 13.2. The summed E-state index contributed by atoms with van der Waals surface area (Å²) in [4.78, 5) is 22.1. The Kier molecular flexibility index (Phi) is 7.57. The quantitative estimate of drug-likeness (QED) is 0.403. The van der Waals surface area contributed by atoms with Gasteiger partial charge in [-0.25, -0.2) is 15.1 Å². The van der Waals surface area contributed by atoms with Crippen molar-refractivity contribution in [3.63, 3.8) is 0 Å². The highest BCUT2D eigenvalue weighted by Gasteiger charge is 2.28. The number of ketones is 1. The predicted molar refractivity (Wildman–Crippen MR) is 129 cm³/mol. The maximum atomic E-state index is 13.2. The van der Waals surface area contributed by atoms with Gasteiger partial charge in [-0.05, 0) is 55.2 Å². The molecule has 0 bridgehead atoms. The smallest absolute Gasteiger partial charge is 0.333 e. The van der Waals surface area contributed by atoms with Gasteiger partial charge in [-0.1, -0.05) is 18.2 Å². The van der Waals surface area contributed by atoms with Crippen LogP contribution in [0.4, 0.5) is 5.82 Å². The number of thiophene rings is 1. The van der Waals surface area contributed by atoms with Gasteiger partial charge in [0, 0.05) is 17.8 Å². The van der Waals surface area contributed by atoms with E-state index >= 15 is 0 Å². The van der Waals surface area contributed by atoms with Crippen molar-refractivity contribution < 1.29 is 22.1 Å². The summed E-state index contributed by atoms with van der Waals surface area (Å²) in [5.41, 5.74) is 2.35. The van der Waals surface area contributed by atoms with Gasteiger partial charge in [0.2, 0.25) is 5.78 Å². The van der Waals surface area contributed by atoms with Crippen molar-refractivity contribution in [1.29, 1.82) is 0 Å². The van der Waals surface area contributed by atoms with Gasteiger partial charge < -0.3 is 10.1 Å². The van der Waals surface area contributed by atoms with Crippen molar-refractivity contribution in [3.8, 4) is 5.75 Å². The fourth-order valence-electron chi connectivity index (χ4n) is 3.94. The molecule has 11 heteroatoms. The lowest BCUT2D eigenvalue weighted by Gasteiger charge is -2.15. The summed E-state index contributed by atoms with van der Waals surface area (Å²) in [6, 6.07) is 9.66. The van der Waals surface area contributed by atoms with Crippen molar-refractivity contribution in [2.24, 2.45) is 11.1 Å². The Morgan fingerprint density at radius 3 is 2.91 bits per heavy atom. The fourth-order valence-corrected chi connectivity index (χ4v) is 5.17. The number of nitrogens with one attached hydrogen (secondary N) is 1. The van der Waals surface area contributed by atoms with Crippen molar-refractivity contribution >= 4 is 33.2 Å². The first-order valence-corrected chi connectivity index (χ1v) is 13.2. The number of carbonyl (C=O) groups is 1. The largest absolute Gasteiger partial charge is 0.489 e. The Labute approximate surface area is 202 Å². The molecule has 3 aromatic rings. The van der Waals surface area contributed by atoms with Crippen molar-refractivity contribution in [2.45, 2.75) is 38.8 Å². The standard InChI is InChI=1S/C23H26N4O5S2/c1-15-4-2-3-5-20(15)31-11-17-9-21(33-13-17)22(28)19-10-25-14-26-23(19)27-18-7-6-16(8-18)12-32-34(24,29)30/h2-5,9-10,13-14,16,18H,6-8,11-12H2,1H3,(H2,24,29,30)(H,25,26,27)/t16-,18+/m1/s1. The van der Waals surface area contributed by atoms with E-state index in [2.05, 4.69) is 15.3 Å². The van der Waals surface area contributed by atoms with Crippen LogP contribution in [0.2, 0.25) is 0 Å². The summed E-state index contributed by atoms with van der Waals surface area (Å²) in [6.07, 6.45) is 5.18. The fraction of sp³-hybridized carbons (Fsp3) is 0.348. The molecule has 180 valence electrons. The minimum atomic E-state index is -3.95. The Morgan fingerprint density at radius 1 is 1.29 bits per heavy atom. The third-order valence-corrected chi connectivity index (χ3v) is 7.11. The second kappa shape index (κ2) is 10.6. The molecule has 1 aliphatic rings. The summed E-state index contributed by atoms with van der Waals surface area (Å²) < 4.78 is 32.7. The maximum Gasteiger partial charge on any atom is 0.333 e. The number of benzene rings is 1. The third kappa shape index (κ3) is 6.38. The molecule has 2 atom stereocenters. The summed E-state index contributed by atoms with van der Waals surface area (Å²) >= 11 is 1.35. The summed E-state index contributed by atoms with van der Waals surface area (Å²) in [5.74, 6) is 1.17. The zero-order valence-electron chi connectivity index (χ0n) is 18.6. The van der Waals surface area contributed by atoms with Gasteiger partial charge in [0.1, 0.15) is 24.5 Å². The molecule has 0 aliphatic heterocycles. The lowest BCUT2D eigenvalue weighted by atomic mass is 10.1. The predicted octanol–water partition coefficient (Wildman–Crippen LogP) is 3.46. The second-order valence-electron chi connectivity index (χ2n) is 8.29. The number of aryl methyl sites for hydroxylation is 1. The zero-order chi connectivity index (χ0) is 24.1. The van der Waals surface area contributed by atoms with E-state index in [4.69, 9.17) is 14.1 Å². The molecule has 1 fully saturated rings. The van der Waals surface area contributed by atoms with E-state index in [9.17, 15) is 13.2 Å². The van der Waals surface area contributed by atoms with E-state index in [0.717, 1.165) is 29.7 Å². The number of nitrogens with two attached hydrogens (primary N) is 1. The lowest BCUT2D eigenvalue weighted by molar-refractivity contribution is 0.104. The van der Waals surface area contributed by atoms with Crippen LogP contribution in [0.5, 0.6) is 5.75 Å². The van der Waals surface area contributed by atoms with Crippen LogP contribution in [0.1, 0.15) is 45.6 Å². The molecule has 1 aliphatic carbocycles. The van der Waals surface area contributed by atoms with Gasteiger partial charge in [-0.3, -0.25) is 8.98 Å². The molecule has 2 heterocycles. The third-order valence-electron chi connectivity index (χ3n) is 5.67. The molecule has 0 spiro atoms. The number of rotatable bonds is 10. The molecule has 2 aromatic heterocycles. The lowest BCUT2D eigenvalue weighted by Crippen LogP contribution is -2.22. The van der Waals surface area contributed by atoms with Gasteiger partial charge in [0.15, 0.2) is 0 Å². The molecule has 34 heavy (non-hydrogen) atoms. The van der Waals surface area contributed by atoms with Gasteiger partial charge in [-0.15, -0.1) is 11.3 Å². The van der Waals surface area contributed by atoms with Crippen LogP contribution in [0, 0.1) is 12.8 Å². The van der Waals surface area contributed by atoms with Gasteiger partial charge in [-0.2, -0.15) is 8.42 Å². The first-order valence-electron chi connectivity index (χ1n) is 10.8. The zero-order valence-corrected chi connectivity index (χ0v) is 20.3. The second-order valence-corrected chi connectivity index (χ2v) is 10.4. The molecular formula is C23H26N4O5S2. The van der Waals surface area contributed by atoms with Crippen LogP contribution in [0.25, 0.3) is 0 Å². The van der Waals surface area contributed by atoms with Crippen LogP contribution in [-0.4, -0.2) is 36.8 Å². The Balaban J connectivity index is 1.39. The summed E-state index contributed by atoms with van der Waals surface area (Å²) in [5, 5.41) is 10.1.